The van der Waals surface area contributed by atoms with Crippen LogP contribution in [0.2, 0.25) is 0 Å². The molecule has 126 valence electrons. The number of nitrogens with zero attached hydrogens (tertiary/aromatic N) is 3. The van der Waals surface area contributed by atoms with Crippen molar-refractivity contribution >= 4 is 55.6 Å². The number of thiophene rings is 2. The summed E-state index contributed by atoms with van der Waals surface area (Å²) in [5.41, 5.74) is 1.59. The van der Waals surface area contributed by atoms with E-state index in [-0.39, 0.29) is 5.56 Å². The standard InChI is InChI=1S/C17H13ClN4OS2/c1-9-3-4-13(25-9)11-8-24-17-14(11)16(23)20-15(21-17)12(18)5-10-6-19-22(2)7-10/h3-8H,1-2H3,(H,20,21,23)/b12-5-. The van der Waals surface area contributed by atoms with E-state index >= 15 is 0 Å². The van der Waals surface area contributed by atoms with Gasteiger partial charge < -0.3 is 4.98 Å². The summed E-state index contributed by atoms with van der Waals surface area (Å²) in [5, 5.41) is 7.05. The first kappa shape index (κ1) is 16.3. The normalized spacial score (nSPS) is 12.2. The van der Waals surface area contributed by atoms with Crippen LogP contribution in [0, 0.1) is 6.92 Å². The van der Waals surface area contributed by atoms with Gasteiger partial charge in [0.25, 0.3) is 5.56 Å². The number of nitrogens with one attached hydrogen (secondary N) is 1. The zero-order chi connectivity index (χ0) is 17.6. The Morgan fingerprint density at radius 1 is 1.40 bits per heavy atom. The Balaban J connectivity index is 1.81. The summed E-state index contributed by atoms with van der Waals surface area (Å²) in [6, 6.07) is 4.08. The van der Waals surface area contributed by atoms with Gasteiger partial charge in [0.1, 0.15) is 4.83 Å². The Bertz CT molecular complexity index is 1160. The molecule has 0 saturated heterocycles. The number of hydrogen-bond donors (Lipinski definition) is 1. The topological polar surface area (TPSA) is 63.6 Å². The van der Waals surface area contributed by atoms with Crippen LogP contribution in [-0.2, 0) is 7.05 Å². The summed E-state index contributed by atoms with van der Waals surface area (Å²) in [7, 11) is 1.83. The highest BCUT2D eigenvalue weighted by Crippen LogP contribution is 2.35. The summed E-state index contributed by atoms with van der Waals surface area (Å²) in [6.45, 7) is 2.05. The lowest BCUT2D eigenvalue weighted by molar-refractivity contribution is 0.767. The molecule has 0 atom stereocenters. The minimum absolute atomic E-state index is 0.181. The van der Waals surface area contributed by atoms with Crippen molar-refractivity contribution < 1.29 is 0 Å². The monoisotopic (exact) mass is 388 g/mol. The number of halogens is 1. The van der Waals surface area contributed by atoms with E-state index in [1.54, 1.807) is 28.3 Å². The van der Waals surface area contributed by atoms with Crippen molar-refractivity contribution in [3.05, 3.63) is 56.5 Å². The molecule has 0 aliphatic heterocycles. The van der Waals surface area contributed by atoms with E-state index in [4.69, 9.17) is 11.6 Å². The number of rotatable bonds is 3. The van der Waals surface area contributed by atoms with Crippen molar-refractivity contribution in [1.29, 1.82) is 0 Å². The van der Waals surface area contributed by atoms with Crippen LogP contribution in [0.5, 0.6) is 0 Å². The third kappa shape index (κ3) is 3.06. The first-order chi connectivity index (χ1) is 12.0. The van der Waals surface area contributed by atoms with E-state index in [9.17, 15) is 4.79 Å². The van der Waals surface area contributed by atoms with Gasteiger partial charge in [-0.1, -0.05) is 11.6 Å². The second-order valence-electron chi connectivity index (χ2n) is 5.59. The predicted octanol–water partition coefficient (Wildman–Crippen LogP) is 4.49. The Kier molecular flexibility index (Phi) is 4.07. The molecule has 0 fully saturated rings. The molecule has 4 rings (SSSR count). The molecule has 0 bridgehead atoms. The van der Waals surface area contributed by atoms with Gasteiger partial charge in [0.15, 0.2) is 5.82 Å². The Morgan fingerprint density at radius 2 is 2.24 bits per heavy atom. The average Bonchev–Trinajstić information content (AvgIpc) is 3.27. The molecule has 0 spiro atoms. The molecule has 0 aromatic carbocycles. The first-order valence-corrected chi connectivity index (χ1v) is 9.53. The van der Waals surface area contributed by atoms with Crippen LogP contribution >= 0.6 is 34.3 Å². The molecule has 4 aromatic heterocycles. The fourth-order valence-electron chi connectivity index (χ4n) is 2.55. The third-order valence-electron chi connectivity index (χ3n) is 3.69. The molecule has 25 heavy (non-hydrogen) atoms. The van der Waals surface area contributed by atoms with Crippen LogP contribution in [0.3, 0.4) is 0 Å². The lowest BCUT2D eigenvalue weighted by Crippen LogP contribution is -2.09. The van der Waals surface area contributed by atoms with Crippen molar-refractivity contribution in [2.24, 2.45) is 7.05 Å². The Morgan fingerprint density at radius 3 is 2.92 bits per heavy atom. The molecule has 0 unspecified atom stereocenters. The van der Waals surface area contributed by atoms with Gasteiger partial charge in [-0.15, -0.1) is 22.7 Å². The number of hydrogen-bond acceptors (Lipinski definition) is 5. The molecule has 4 aromatic rings. The van der Waals surface area contributed by atoms with E-state index in [0.717, 1.165) is 16.0 Å². The summed E-state index contributed by atoms with van der Waals surface area (Å²) in [6.07, 6.45) is 5.26. The van der Waals surface area contributed by atoms with Gasteiger partial charge in [-0.05, 0) is 25.1 Å². The fourth-order valence-corrected chi connectivity index (χ4v) is 4.67. The average molecular weight is 389 g/mol. The van der Waals surface area contributed by atoms with Crippen molar-refractivity contribution in [3.8, 4) is 10.4 Å². The van der Waals surface area contributed by atoms with Gasteiger partial charge in [-0.2, -0.15) is 5.10 Å². The molecule has 0 saturated carbocycles. The molecule has 8 heteroatoms. The molecule has 0 amide bonds. The van der Waals surface area contributed by atoms with Gasteiger partial charge in [-0.3, -0.25) is 9.48 Å². The lowest BCUT2D eigenvalue weighted by atomic mass is 10.2. The SMILES string of the molecule is Cc1ccc(-c2csc3nc(/C(Cl)=C/c4cnn(C)c4)[nH]c(=O)c23)s1. The van der Waals surface area contributed by atoms with Crippen LogP contribution in [0.1, 0.15) is 16.3 Å². The van der Waals surface area contributed by atoms with Crippen molar-refractivity contribution in [3.63, 3.8) is 0 Å². The highest BCUT2D eigenvalue weighted by molar-refractivity contribution is 7.19. The maximum Gasteiger partial charge on any atom is 0.260 e. The minimum Gasteiger partial charge on any atom is -0.305 e. The van der Waals surface area contributed by atoms with Crippen LogP contribution in [0.15, 0.2) is 34.7 Å². The third-order valence-corrected chi connectivity index (χ3v) is 5.89. The maximum atomic E-state index is 12.6. The van der Waals surface area contributed by atoms with Crippen LogP contribution in [-0.4, -0.2) is 19.7 Å². The molecule has 0 aliphatic rings. The van der Waals surface area contributed by atoms with Crippen LogP contribution in [0.25, 0.3) is 31.8 Å². The molecule has 0 radical (unpaired) electrons. The molecule has 4 heterocycles. The van der Waals surface area contributed by atoms with E-state index < -0.39 is 0 Å². The zero-order valence-corrected chi connectivity index (χ0v) is 15.8. The number of aromatic amines is 1. The van der Waals surface area contributed by atoms with Crippen molar-refractivity contribution in [1.82, 2.24) is 19.7 Å². The molecule has 1 N–H and O–H groups in total. The minimum atomic E-state index is -0.181. The maximum absolute atomic E-state index is 12.6. The van der Waals surface area contributed by atoms with E-state index in [1.165, 1.54) is 16.2 Å². The van der Waals surface area contributed by atoms with Crippen molar-refractivity contribution in [2.45, 2.75) is 6.92 Å². The highest BCUT2D eigenvalue weighted by atomic mass is 35.5. The van der Waals surface area contributed by atoms with Gasteiger partial charge in [-0.25, -0.2) is 4.98 Å². The summed E-state index contributed by atoms with van der Waals surface area (Å²) >= 11 is 9.46. The molecule has 0 aliphatic carbocycles. The van der Waals surface area contributed by atoms with Gasteiger partial charge >= 0.3 is 0 Å². The number of fused-ring (bicyclic) bond motifs is 1. The Hall–Kier alpha value is -2.22. The van der Waals surface area contributed by atoms with Gasteiger partial charge in [0.2, 0.25) is 0 Å². The van der Waals surface area contributed by atoms with E-state index in [1.807, 2.05) is 37.7 Å². The molecular weight excluding hydrogens is 376 g/mol. The highest BCUT2D eigenvalue weighted by Gasteiger charge is 2.15. The predicted molar refractivity (Wildman–Crippen MR) is 105 cm³/mol. The van der Waals surface area contributed by atoms with Gasteiger partial charge in [0, 0.05) is 39.5 Å². The second kappa shape index (κ2) is 6.25. The quantitative estimate of drug-likeness (QED) is 0.562. The number of aromatic nitrogens is 4. The first-order valence-electron chi connectivity index (χ1n) is 7.46. The van der Waals surface area contributed by atoms with Crippen LogP contribution < -0.4 is 5.56 Å². The largest absolute Gasteiger partial charge is 0.305 e. The summed E-state index contributed by atoms with van der Waals surface area (Å²) in [4.78, 5) is 22.9. The van der Waals surface area contributed by atoms with Crippen LogP contribution in [0.4, 0.5) is 0 Å². The molecule has 5 nitrogen and oxygen atoms in total. The lowest BCUT2D eigenvalue weighted by Gasteiger charge is -2.00. The van der Waals surface area contributed by atoms with Crippen molar-refractivity contribution in [2.75, 3.05) is 0 Å². The summed E-state index contributed by atoms with van der Waals surface area (Å²) in [5.74, 6) is 0.360. The molecular formula is C17H13ClN4OS2. The zero-order valence-electron chi connectivity index (χ0n) is 13.4. The fraction of sp³-hybridized carbons (Fsp3) is 0.118. The van der Waals surface area contributed by atoms with E-state index in [2.05, 4.69) is 15.1 Å². The smallest absolute Gasteiger partial charge is 0.260 e. The number of aryl methyl sites for hydroxylation is 2. The number of H-pyrrole nitrogens is 1. The van der Waals surface area contributed by atoms with E-state index in [0.29, 0.717) is 21.1 Å². The second-order valence-corrected chi connectivity index (χ2v) is 8.15. The summed E-state index contributed by atoms with van der Waals surface area (Å²) < 4.78 is 1.68. The Labute approximate surface area is 156 Å². The van der Waals surface area contributed by atoms with Gasteiger partial charge in [0.05, 0.1) is 16.6 Å².